The highest BCUT2D eigenvalue weighted by atomic mass is 79.9. The van der Waals surface area contributed by atoms with E-state index in [0.717, 1.165) is 54.6 Å². The van der Waals surface area contributed by atoms with Gasteiger partial charge in [-0.25, -0.2) is 0 Å². The lowest BCUT2D eigenvalue weighted by Crippen LogP contribution is -2.05. The predicted octanol–water partition coefficient (Wildman–Crippen LogP) is 3.60. The van der Waals surface area contributed by atoms with E-state index in [1.807, 2.05) is 0 Å². The molecule has 0 radical (unpaired) electrons. The molecule has 0 amide bonds. The highest BCUT2D eigenvalue weighted by Crippen LogP contribution is 2.35. The minimum Gasteiger partial charge on any atom is -0.493 e. The average Bonchev–Trinajstić information content (AvgIpc) is 3.05. The first-order valence-corrected chi connectivity index (χ1v) is 8.31. The second-order valence-electron chi connectivity index (χ2n) is 5.97. The van der Waals surface area contributed by atoms with Crippen molar-refractivity contribution in [2.75, 3.05) is 6.61 Å². The Morgan fingerprint density at radius 1 is 1.24 bits per heavy atom. The monoisotopic (exact) mass is 347 g/mol. The van der Waals surface area contributed by atoms with E-state index < -0.39 is 0 Å². The van der Waals surface area contributed by atoms with Gasteiger partial charge in [-0.15, -0.1) is 0 Å². The lowest BCUT2D eigenvalue weighted by Gasteiger charge is -2.16. The minimum atomic E-state index is -0.292. The van der Waals surface area contributed by atoms with Gasteiger partial charge < -0.3 is 14.4 Å². The molecule has 2 heterocycles. The molecule has 1 N–H and O–H groups in total. The first-order chi connectivity index (χ1) is 10.2. The summed E-state index contributed by atoms with van der Waals surface area (Å²) in [5.74, 6) is 1.05. The van der Waals surface area contributed by atoms with Crippen molar-refractivity contribution in [3.05, 3.63) is 51.3 Å². The number of benzene rings is 1. The lowest BCUT2D eigenvalue weighted by molar-refractivity contribution is 0.157. The third kappa shape index (κ3) is 2.40. The molecule has 3 nitrogen and oxygen atoms in total. The summed E-state index contributed by atoms with van der Waals surface area (Å²) >= 11 is 3.59. The maximum absolute atomic E-state index is 10.1. The molecule has 0 fully saturated rings. The molecule has 1 aromatic heterocycles. The average molecular weight is 348 g/mol. The van der Waals surface area contributed by atoms with Gasteiger partial charge >= 0.3 is 0 Å². The fourth-order valence-electron chi connectivity index (χ4n) is 3.48. The summed E-state index contributed by atoms with van der Waals surface area (Å²) < 4.78 is 9.09. The summed E-state index contributed by atoms with van der Waals surface area (Å²) in [5, 5.41) is 10.1. The highest BCUT2D eigenvalue weighted by molar-refractivity contribution is 9.10. The van der Waals surface area contributed by atoms with Crippen LogP contribution in [0, 0.1) is 0 Å². The van der Waals surface area contributed by atoms with Gasteiger partial charge in [-0.2, -0.15) is 0 Å². The number of ether oxygens (including phenoxy) is 1. The standard InChI is InChI=1S/C17H18BrNO2/c18-14-6-11-4-5-21-17(11)13(7-14)9-19-8-12-2-1-3-16(20)15(12)10-19/h6-8,10,16,20H,1-5,9H2. The van der Waals surface area contributed by atoms with Crippen LogP contribution in [0.5, 0.6) is 5.75 Å². The Bertz CT molecular complexity index is 692. The van der Waals surface area contributed by atoms with E-state index in [2.05, 4.69) is 45.0 Å². The molecule has 0 saturated heterocycles. The molecular weight excluding hydrogens is 330 g/mol. The Balaban J connectivity index is 1.68. The molecule has 4 heteroatoms. The van der Waals surface area contributed by atoms with Crippen molar-refractivity contribution in [3.63, 3.8) is 0 Å². The SMILES string of the molecule is OC1CCCc2cn(Cc3cc(Br)cc4c3OCC4)cc21. The number of aliphatic hydroxyl groups is 1. The number of fused-ring (bicyclic) bond motifs is 2. The van der Waals surface area contributed by atoms with Crippen LogP contribution in [0.4, 0.5) is 0 Å². The van der Waals surface area contributed by atoms with Crippen molar-refractivity contribution in [2.24, 2.45) is 0 Å². The molecule has 21 heavy (non-hydrogen) atoms. The summed E-state index contributed by atoms with van der Waals surface area (Å²) in [4.78, 5) is 0. The summed E-state index contributed by atoms with van der Waals surface area (Å²) in [6, 6.07) is 4.29. The molecule has 1 atom stereocenters. The van der Waals surface area contributed by atoms with Gasteiger partial charge in [0.25, 0.3) is 0 Å². The quantitative estimate of drug-likeness (QED) is 0.900. The van der Waals surface area contributed by atoms with Crippen molar-refractivity contribution in [1.29, 1.82) is 0 Å². The maximum Gasteiger partial charge on any atom is 0.127 e. The van der Waals surface area contributed by atoms with Gasteiger partial charge in [0.05, 0.1) is 19.3 Å². The number of hydrogen-bond acceptors (Lipinski definition) is 2. The second kappa shape index (κ2) is 5.18. The van der Waals surface area contributed by atoms with Crippen LogP contribution in [-0.2, 0) is 19.4 Å². The van der Waals surface area contributed by atoms with Crippen LogP contribution in [0.1, 0.15) is 41.2 Å². The Labute approximate surface area is 132 Å². The molecule has 2 aromatic rings. The van der Waals surface area contributed by atoms with Crippen LogP contribution in [0.2, 0.25) is 0 Å². The van der Waals surface area contributed by atoms with Crippen LogP contribution in [0.15, 0.2) is 29.0 Å². The number of halogens is 1. The summed E-state index contributed by atoms with van der Waals surface area (Å²) in [7, 11) is 0. The molecule has 1 aliphatic heterocycles. The molecular formula is C17H18BrNO2. The van der Waals surface area contributed by atoms with E-state index in [0.29, 0.717) is 0 Å². The zero-order chi connectivity index (χ0) is 14.4. The van der Waals surface area contributed by atoms with Gasteiger partial charge in [-0.1, -0.05) is 15.9 Å². The summed E-state index contributed by atoms with van der Waals surface area (Å²) in [5.41, 5.74) is 4.89. The zero-order valence-electron chi connectivity index (χ0n) is 11.8. The van der Waals surface area contributed by atoms with E-state index in [9.17, 15) is 5.11 Å². The van der Waals surface area contributed by atoms with E-state index in [1.165, 1.54) is 16.7 Å². The fourth-order valence-corrected chi connectivity index (χ4v) is 4.03. The number of aromatic nitrogens is 1. The van der Waals surface area contributed by atoms with Gasteiger partial charge in [0.1, 0.15) is 5.75 Å². The molecule has 2 aliphatic rings. The molecule has 1 aromatic carbocycles. The van der Waals surface area contributed by atoms with Crippen LogP contribution in [0.3, 0.4) is 0 Å². The van der Waals surface area contributed by atoms with Crippen molar-refractivity contribution >= 4 is 15.9 Å². The Hall–Kier alpha value is -1.26. The van der Waals surface area contributed by atoms with E-state index in [4.69, 9.17) is 4.74 Å². The number of nitrogens with zero attached hydrogens (tertiary/aromatic N) is 1. The van der Waals surface area contributed by atoms with Crippen molar-refractivity contribution in [1.82, 2.24) is 4.57 Å². The normalized spacial score (nSPS) is 20.0. The molecule has 1 aliphatic carbocycles. The third-order valence-corrected chi connectivity index (χ3v) is 4.92. The van der Waals surface area contributed by atoms with Crippen molar-refractivity contribution in [2.45, 2.75) is 38.3 Å². The Morgan fingerprint density at radius 2 is 2.14 bits per heavy atom. The zero-order valence-corrected chi connectivity index (χ0v) is 13.4. The largest absolute Gasteiger partial charge is 0.493 e. The summed E-state index contributed by atoms with van der Waals surface area (Å²) in [6.07, 6.45) is 8.01. The van der Waals surface area contributed by atoms with Crippen LogP contribution in [-0.4, -0.2) is 16.3 Å². The van der Waals surface area contributed by atoms with Crippen molar-refractivity contribution < 1.29 is 9.84 Å². The third-order valence-electron chi connectivity index (χ3n) is 4.46. The number of aryl methyl sites for hydroxylation is 1. The van der Waals surface area contributed by atoms with Crippen LogP contribution in [0.25, 0.3) is 0 Å². The Kier molecular flexibility index (Phi) is 3.31. The fraction of sp³-hybridized carbons (Fsp3) is 0.412. The topological polar surface area (TPSA) is 34.4 Å². The maximum atomic E-state index is 10.1. The number of aliphatic hydroxyl groups excluding tert-OH is 1. The minimum absolute atomic E-state index is 0.292. The molecule has 0 saturated carbocycles. The van der Waals surface area contributed by atoms with Gasteiger partial charge in [-0.3, -0.25) is 0 Å². The summed E-state index contributed by atoms with van der Waals surface area (Å²) in [6.45, 7) is 1.57. The molecule has 110 valence electrons. The van der Waals surface area contributed by atoms with E-state index in [1.54, 1.807) is 0 Å². The first kappa shape index (κ1) is 13.4. The molecule has 0 spiro atoms. The first-order valence-electron chi connectivity index (χ1n) is 7.51. The van der Waals surface area contributed by atoms with Crippen molar-refractivity contribution in [3.8, 4) is 5.75 Å². The Morgan fingerprint density at radius 3 is 3.00 bits per heavy atom. The van der Waals surface area contributed by atoms with Crippen LogP contribution >= 0.6 is 15.9 Å². The van der Waals surface area contributed by atoms with Gasteiger partial charge in [0, 0.05) is 34.4 Å². The smallest absolute Gasteiger partial charge is 0.127 e. The molecule has 0 bridgehead atoms. The predicted molar refractivity (Wildman–Crippen MR) is 84.8 cm³/mol. The van der Waals surface area contributed by atoms with E-state index >= 15 is 0 Å². The van der Waals surface area contributed by atoms with Gasteiger partial charge in [0.15, 0.2) is 0 Å². The van der Waals surface area contributed by atoms with E-state index in [-0.39, 0.29) is 6.10 Å². The molecule has 4 rings (SSSR count). The van der Waals surface area contributed by atoms with Crippen LogP contribution < -0.4 is 4.74 Å². The van der Waals surface area contributed by atoms with Gasteiger partial charge in [0.2, 0.25) is 0 Å². The van der Waals surface area contributed by atoms with Gasteiger partial charge in [-0.05, 0) is 42.5 Å². The second-order valence-corrected chi connectivity index (χ2v) is 6.89. The number of rotatable bonds is 2. The highest BCUT2D eigenvalue weighted by Gasteiger charge is 2.21. The number of hydrogen-bond donors (Lipinski definition) is 1. The molecule has 1 unspecified atom stereocenters. The lowest BCUT2D eigenvalue weighted by atomic mass is 9.93.